The standard InChI is InChI=1S/C24H31NO3/c1-4-5-6-7-8-16-27-22-14-12-20(13-15-22)24(26)25-21-10-9-11-23(17-21)28-18-19(2)3/h9-15,17H,2,4-8,16,18H2,1,3H3,(H,25,26). The first kappa shape index (κ1) is 21.5. The number of ether oxygens (including phenoxy) is 2. The molecule has 150 valence electrons. The quantitative estimate of drug-likeness (QED) is 0.349. The molecule has 0 spiro atoms. The van der Waals surface area contributed by atoms with Crippen LogP contribution in [0.5, 0.6) is 11.5 Å². The first-order valence-corrected chi connectivity index (χ1v) is 10.00. The average molecular weight is 382 g/mol. The molecule has 2 aromatic carbocycles. The monoisotopic (exact) mass is 381 g/mol. The van der Waals surface area contributed by atoms with Crippen LogP contribution in [0.1, 0.15) is 56.3 Å². The second-order valence-corrected chi connectivity index (χ2v) is 7.01. The number of anilines is 1. The first-order chi connectivity index (χ1) is 13.6. The average Bonchev–Trinajstić information content (AvgIpc) is 2.70. The smallest absolute Gasteiger partial charge is 0.255 e. The van der Waals surface area contributed by atoms with Crippen molar-refractivity contribution in [3.05, 3.63) is 66.2 Å². The van der Waals surface area contributed by atoms with Gasteiger partial charge in [-0.15, -0.1) is 0 Å². The summed E-state index contributed by atoms with van der Waals surface area (Å²) >= 11 is 0. The van der Waals surface area contributed by atoms with Crippen molar-refractivity contribution >= 4 is 11.6 Å². The van der Waals surface area contributed by atoms with E-state index in [1.807, 2.05) is 37.3 Å². The summed E-state index contributed by atoms with van der Waals surface area (Å²) in [7, 11) is 0. The SMILES string of the molecule is C=C(C)COc1cccc(NC(=O)c2ccc(OCCCCCCC)cc2)c1. The van der Waals surface area contributed by atoms with Gasteiger partial charge in [0.2, 0.25) is 0 Å². The molecule has 0 unspecified atom stereocenters. The van der Waals surface area contributed by atoms with E-state index in [2.05, 4.69) is 18.8 Å². The maximum atomic E-state index is 12.5. The minimum atomic E-state index is -0.164. The summed E-state index contributed by atoms with van der Waals surface area (Å²) in [6, 6.07) is 14.6. The molecule has 0 fully saturated rings. The van der Waals surface area contributed by atoms with Crippen LogP contribution in [0.4, 0.5) is 5.69 Å². The minimum Gasteiger partial charge on any atom is -0.494 e. The van der Waals surface area contributed by atoms with Crippen molar-refractivity contribution in [2.75, 3.05) is 18.5 Å². The van der Waals surface area contributed by atoms with E-state index in [-0.39, 0.29) is 5.91 Å². The fourth-order valence-electron chi connectivity index (χ4n) is 2.67. The van der Waals surface area contributed by atoms with Gasteiger partial charge < -0.3 is 14.8 Å². The minimum absolute atomic E-state index is 0.164. The van der Waals surface area contributed by atoms with E-state index in [0.29, 0.717) is 30.2 Å². The third kappa shape index (κ3) is 7.87. The number of hydrogen-bond acceptors (Lipinski definition) is 3. The third-order valence-electron chi connectivity index (χ3n) is 4.21. The zero-order chi connectivity index (χ0) is 20.2. The predicted molar refractivity (Wildman–Crippen MR) is 115 cm³/mol. The zero-order valence-electron chi connectivity index (χ0n) is 17.0. The largest absolute Gasteiger partial charge is 0.494 e. The Bertz CT molecular complexity index is 753. The maximum Gasteiger partial charge on any atom is 0.255 e. The Morgan fingerprint density at radius 3 is 2.43 bits per heavy atom. The van der Waals surface area contributed by atoms with Crippen molar-refractivity contribution < 1.29 is 14.3 Å². The summed E-state index contributed by atoms with van der Waals surface area (Å²) < 4.78 is 11.4. The summed E-state index contributed by atoms with van der Waals surface area (Å²) in [6.45, 7) is 9.11. The summed E-state index contributed by atoms with van der Waals surface area (Å²) in [5, 5.41) is 2.90. The summed E-state index contributed by atoms with van der Waals surface area (Å²) in [6.07, 6.45) is 6.05. The van der Waals surface area contributed by atoms with Crippen molar-refractivity contribution in [2.24, 2.45) is 0 Å². The van der Waals surface area contributed by atoms with Gasteiger partial charge in [-0.3, -0.25) is 4.79 Å². The molecule has 1 N–H and O–H groups in total. The Hall–Kier alpha value is -2.75. The van der Waals surface area contributed by atoms with Gasteiger partial charge in [0.15, 0.2) is 0 Å². The molecule has 0 radical (unpaired) electrons. The Morgan fingerprint density at radius 1 is 0.964 bits per heavy atom. The van der Waals surface area contributed by atoms with Gasteiger partial charge in [0.25, 0.3) is 5.91 Å². The highest BCUT2D eigenvalue weighted by Crippen LogP contribution is 2.19. The van der Waals surface area contributed by atoms with Crippen LogP contribution in [0.25, 0.3) is 0 Å². The predicted octanol–water partition coefficient (Wildman–Crippen LogP) is 6.24. The molecule has 4 nitrogen and oxygen atoms in total. The molecule has 28 heavy (non-hydrogen) atoms. The van der Waals surface area contributed by atoms with Gasteiger partial charge in [-0.1, -0.05) is 45.3 Å². The van der Waals surface area contributed by atoms with Crippen molar-refractivity contribution in [1.82, 2.24) is 0 Å². The van der Waals surface area contributed by atoms with Crippen LogP contribution in [0.2, 0.25) is 0 Å². The molecule has 0 saturated heterocycles. The van der Waals surface area contributed by atoms with E-state index in [1.54, 1.807) is 18.2 Å². The highest BCUT2D eigenvalue weighted by atomic mass is 16.5. The second-order valence-electron chi connectivity index (χ2n) is 7.01. The van der Waals surface area contributed by atoms with Crippen LogP contribution in [0, 0.1) is 0 Å². The van der Waals surface area contributed by atoms with Gasteiger partial charge in [-0.05, 0) is 55.3 Å². The lowest BCUT2D eigenvalue weighted by molar-refractivity contribution is 0.102. The molecule has 0 atom stereocenters. The van der Waals surface area contributed by atoms with Crippen LogP contribution in [-0.4, -0.2) is 19.1 Å². The highest BCUT2D eigenvalue weighted by Gasteiger charge is 2.07. The van der Waals surface area contributed by atoms with Crippen LogP contribution in [0.3, 0.4) is 0 Å². The molecule has 4 heteroatoms. The van der Waals surface area contributed by atoms with Crippen molar-refractivity contribution in [1.29, 1.82) is 0 Å². The highest BCUT2D eigenvalue weighted by molar-refractivity contribution is 6.04. The Kier molecular flexibility index (Phi) is 9.13. The van der Waals surface area contributed by atoms with Gasteiger partial charge in [0.1, 0.15) is 18.1 Å². The van der Waals surface area contributed by atoms with Crippen LogP contribution < -0.4 is 14.8 Å². The number of unbranched alkanes of at least 4 members (excludes halogenated alkanes) is 4. The molecular formula is C24H31NO3. The second kappa shape index (κ2) is 11.9. The van der Waals surface area contributed by atoms with E-state index >= 15 is 0 Å². The normalized spacial score (nSPS) is 10.4. The van der Waals surface area contributed by atoms with E-state index in [4.69, 9.17) is 9.47 Å². The molecule has 0 aliphatic heterocycles. The maximum absolute atomic E-state index is 12.5. The fraction of sp³-hybridized carbons (Fsp3) is 0.375. The number of hydrogen-bond donors (Lipinski definition) is 1. The number of nitrogens with one attached hydrogen (secondary N) is 1. The summed E-state index contributed by atoms with van der Waals surface area (Å²) in [5.41, 5.74) is 2.22. The van der Waals surface area contributed by atoms with E-state index in [1.165, 1.54) is 25.7 Å². The summed E-state index contributed by atoms with van der Waals surface area (Å²) in [4.78, 5) is 12.5. The van der Waals surface area contributed by atoms with E-state index < -0.39 is 0 Å². The lowest BCUT2D eigenvalue weighted by Gasteiger charge is -2.10. The molecule has 0 aliphatic carbocycles. The molecule has 2 rings (SSSR count). The topological polar surface area (TPSA) is 47.6 Å². The lowest BCUT2D eigenvalue weighted by Crippen LogP contribution is -2.12. The molecule has 2 aromatic rings. The number of carbonyl (C=O) groups excluding carboxylic acids is 1. The third-order valence-corrected chi connectivity index (χ3v) is 4.21. The molecule has 0 aromatic heterocycles. The number of amides is 1. The Morgan fingerprint density at radius 2 is 1.71 bits per heavy atom. The molecule has 0 aliphatic rings. The fourth-order valence-corrected chi connectivity index (χ4v) is 2.67. The molecule has 0 bridgehead atoms. The van der Waals surface area contributed by atoms with E-state index in [0.717, 1.165) is 17.7 Å². The Labute approximate surface area is 168 Å². The van der Waals surface area contributed by atoms with Gasteiger partial charge >= 0.3 is 0 Å². The molecule has 0 heterocycles. The number of benzene rings is 2. The molecule has 0 saturated carbocycles. The van der Waals surface area contributed by atoms with Crippen LogP contribution >= 0.6 is 0 Å². The van der Waals surface area contributed by atoms with Gasteiger partial charge in [0.05, 0.1) is 6.61 Å². The number of rotatable bonds is 12. The Balaban J connectivity index is 1.82. The zero-order valence-corrected chi connectivity index (χ0v) is 17.0. The number of carbonyl (C=O) groups is 1. The molecular weight excluding hydrogens is 350 g/mol. The summed E-state index contributed by atoms with van der Waals surface area (Å²) in [5.74, 6) is 1.33. The van der Waals surface area contributed by atoms with Crippen LogP contribution in [-0.2, 0) is 0 Å². The lowest BCUT2D eigenvalue weighted by atomic mass is 10.1. The van der Waals surface area contributed by atoms with Gasteiger partial charge in [-0.25, -0.2) is 0 Å². The van der Waals surface area contributed by atoms with Gasteiger partial charge in [-0.2, -0.15) is 0 Å². The van der Waals surface area contributed by atoms with Gasteiger partial charge in [0, 0.05) is 17.3 Å². The first-order valence-electron chi connectivity index (χ1n) is 10.00. The van der Waals surface area contributed by atoms with Crippen molar-refractivity contribution in [3.63, 3.8) is 0 Å². The molecule has 1 amide bonds. The van der Waals surface area contributed by atoms with Crippen LogP contribution in [0.15, 0.2) is 60.7 Å². The van der Waals surface area contributed by atoms with Crippen molar-refractivity contribution in [3.8, 4) is 11.5 Å². The van der Waals surface area contributed by atoms with E-state index in [9.17, 15) is 4.79 Å². The van der Waals surface area contributed by atoms with Crippen molar-refractivity contribution in [2.45, 2.75) is 46.0 Å².